The molecular weight excluding hydrogens is 394 g/mol. The van der Waals surface area contributed by atoms with Crippen LogP contribution in [0.15, 0.2) is 71.9 Å². The van der Waals surface area contributed by atoms with Crippen molar-refractivity contribution >= 4 is 11.9 Å². The zero-order valence-corrected chi connectivity index (χ0v) is 18.1. The van der Waals surface area contributed by atoms with Crippen LogP contribution < -0.4 is 5.32 Å². The van der Waals surface area contributed by atoms with Crippen molar-refractivity contribution in [1.29, 1.82) is 0 Å². The summed E-state index contributed by atoms with van der Waals surface area (Å²) in [5.41, 5.74) is 1.41. The molecule has 0 saturated heterocycles. The number of esters is 2. The van der Waals surface area contributed by atoms with Crippen LogP contribution in [0.5, 0.6) is 0 Å². The molecule has 2 N–H and O–H groups in total. The van der Waals surface area contributed by atoms with Gasteiger partial charge in [0, 0.05) is 24.6 Å². The Morgan fingerprint density at radius 2 is 1.65 bits per heavy atom. The van der Waals surface area contributed by atoms with E-state index < -0.39 is 29.4 Å². The number of hydrogen-bond acceptors (Lipinski definition) is 6. The van der Waals surface area contributed by atoms with Crippen LogP contribution in [0, 0.1) is 5.92 Å². The Labute approximate surface area is 182 Å². The molecule has 2 aromatic carbocycles. The fraction of sp³-hybridized carbons (Fsp3) is 0.360. The summed E-state index contributed by atoms with van der Waals surface area (Å²) in [6.45, 7) is 2.18. The number of carbonyl (C=O) groups is 2. The molecule has 0 amide bonds. The highest BCUT2D eigenvalue weighted by Crippen LogP contribution is 2.47. The second-order valence-electron chi connectivity index (χ2n) is 7.97. The van der Waals surface area contributed by atoms with Crippen molar-refractivity contribution in [2.24, 2.45) is 5.92 Å². The van der Waals surface area contributed by atoms with Crippen molar-refractivity contribution in [2.75, 3.05) is 20.8 Å². The van der Waals surface area contributed by atoms with Crippen LogP contribution >= 0.6 is 0 Å². The Kier molecular flexibility index (Phi) is 7.13. The second-order valence-corrected chi connectivity index (χ2v) is 7.97. The van der Waals surface area contributed by atoms with Gasteiger partial charge in [0.2, 0.25) is 0 Å². The van der Waals surface area contributed by atoms with Gasteiger partial charge in [-0.15, -0.1) is 0 Å². The minimum Gasteiger partial charge on any atom is -0.469 e. The lowest BCUT2D eigenvalue weighted by Gasteiger charge is -2.42. The van der Waals surface area contributed by atoms with E-state index in [2.05, 4.69) is 5.32 Å². The van der Waals surface area contributed by atoms with Crippen molar-refractivity contribution in [3.8, 4) is 0 Å². The monoisotopic (exact) mass is 423 g/mol. The van der Waals surface area contributed by atoms with E-state index in [1.807, 2.05) is 60.7 Å². The summed E-state index contributed by atoms with van der Waals surface area (Å²) >= 11 is 0. The van der Waals surface area contributed by atoms with Gasteiger partial charge in [0.05, 0.1) is 31.3 Å². The number of ether oxygens (including phenoxy) is 2. The molecule has 0 radical (unpaired) electrons. The second kappa shape index (κ2) is 9.79. The van der Waals surface area contributed by atoms with Gasteiger partial charge >= 0.3 is 11.9 Å². The Hall–Kier alpha value is -3.12. The Bertz CT molecular complexity index is 937. The van der Waals surface area contributed by atoms with E-state index in [9.17, 15) is 14.7 Å². The van der Waals surface area contributed by atoms with Gasteiger partial charge in [0.15, 0.2) is 0 Å². The molecule has 0 heterocycles. The third-order valence-electron chi connectivity index (χ3n) is 5.79. The average molecular weight is 424 g/mol. The fourth-order valence-corrected chi connectivity index (χ4v) is 4.33. The number of nitrogens with one attached hydrogen (secondary N) is 1. The fourth-order valence-electron chi connectivity index (χ4n) is 4.33. The minimum absolute atomic E-state index is 0.106. The lowest BCUT2D eigenvalue weighted by molar-refractivity contribution is -0.157. The van der Waals surface area contributed by atoms with E-state index in [0.717, 1.165) is 17.5 Å². The molecule has 0 spiro atoms. The Morgan fingerprint density at radius 1 is 1.03 bits per heavy atom. The predicted molar refractivity (Wildman–Crippen MR) is 117 cm³/mol. The number of methoxy groups -OCH3 is 2. The first-order chi connectivity index (χ1) is 14.9. The minimum atomic E-state index is -1.42. The van der Waals surface area contributed by atoms with Crippen LogP contribution in [-0.2, 0) is 25.5 Å². The number of rotatable bonds is 7. The molecule has 6 heteroatoms. The predicted octanol–water partition coefficient (Wildman–Crippen LogP) is 2.97. The Balaban J connectivity index is 2.04. The molecule has 0 aliphatic heterocycles. The molecule has 0 fully saturated rings. The third-order valence-corrected chi connectivity index (χ3v) is 5.79. The number of carbonyl (C=O) groups excluding carboxylic acids is 2. The zero-order chi connectivity index (χ0) is 22.4. The lowest BCUT2D eigenvalue weighted by atomic mass is 9.66. The molecule has 1 aliphatic rings. The summed E-state index contributed by atoms with van der Waals surface area (Å²) in [6, 6.07) is 19.2. The van der Waals surface area contributed by atoms with Crippen molar-refractivity contribution < 1.29 is 24.2 Å². The first kappa shape index (κ1) is 22.6. The van der Waals surface area contributed by atoms with Crippen molar-refractivity contribution in [1.82, 2.24) is 5.32 Å². The van der Waals surface area contributed by atoms with Gasteiger partial charge in [-0.3, -0.25) is 4.79 Å². The zero-order valence-electron chi connectivity index (χ0n) is 18.1. The van der Waals surface area contributed by atoms with Gasteiger partial charge in [-0.25, -0.2) is 4.79 Å². The summed E-state index contributed by atoms with van der Waals surface area (Å²) in [7, 11) is 2.61. The van der Waals surface area contributed by atoms with Crippen LogP contribution in [0.25, 0.3) is 0 Å². The molecule has 3 rings (SSSR count). The molecule has 0 bridgehead atoms. The van der Waals surface area contributed by atoms with E-state index >= 15 is 0 Å². The molecular formula is C25H29NO5. The summed E-state index contributed by atoms with van der Waals surface area (Å²) < 4.78 is 10.1. The average Bonchev–Trinajstić information content (AvgIpc) is 2.78. The van der Waals surface area contributed by atoms with Gasteiger partial charge in [-0.05, 0) is 24.5 Å². The SMILES string of the molecule is COC(=O)C1=C(NCCc2ccccc2)CC(C)(O)C(C(=O)OC)C1c1ccccc1. The van der Waals surface area contributed by atoms with Gasteiger partial charge < -0.3 is 19.9 Å². The van der Waals surface area contributed by atoms with Crippen molar-refractivity contribution in [2.45, 2.75) is 31.3 Å². The van der Waals surface area contributed by atoms with E-state index in [0.29, 0.717) is 17.8 Å². The summed E-state index contributed by atoms with van der Waals surface area (Å²) in [4.78, 5) is 25.7. The summed E-state index contributed by atoms with van der Waals surface area (Å²) in [5.74, 6) is -2.75. The van der Waals surface area contributed by atoms with Gasteiger partial charge in [0.25, 0.3) is 0 Å². The maximum Gasteiger partial charge on any atom is 0.336 e. The number of benzene rings is 2. The Morgan fingerprint density at radius 3 is 2.23 bits per heavy atom. The van der Waals surface area contributed by atoms with Gasteiger partial charge in [0.1, 0.15) is 0 Å². The maximum atomic E-state index is 12.9. The molecule has 31 heavy (non-hydrogen) atoms. The molecule has 2 aromatic rings. The summed E-state index contributed by atoms with van der Waals surface area (Å²) in [5, 5.41) is 14.6. The quantitative estimate of drug-likeness (QED) is 0.666. The highest BCUT2D eigenvalue weighted by atomic mass is 16.5. The molecule has 0 aromatic heterocycles. The van der Waals surface area contributed by atoms with Crippen LogP contribution in [0.1, 0.15) is 30.4 Å². The van der Waals surface area contributed by atoms with E-state index in [-0.39, 0.29) is 6.42 Å². The maximum absolute atomic E-state index is 12.9. The molecule has 0 saturated carbocycles. The normalized spacial score (nSPS) is 23.2. The highest BCUT2D eigenvalue weighted by molar-refractivity contribution is 5.93. The van der Waals surface area contributed by atoms with E-state index in [1.54, 1.807) is 6.92 Å². The van der Waals surface area contributed by atoms with Gasteiger partial charge in [-0.1, -0.05) is 60.7 Å². The lowest BCUT2D eigenvalue weighted by Crippen LogP contribution is -2.50. The molecule has 1 aliphatic carbocycles. The van der Waals surface area contributed by atoms with Crippen molar-refractivity contribution in [3.05, 3.63) is 83.1 Å². The smallest absolute Gasteiger partial charge is 0.336 e. The van der Waals surface area contributed by atoms with Crippen LogP contribution in [0.2, 0.25) is 0 Å². The van der Waals surface area contributed by atoms with Crippen LogP contribution in [0.4, 0.5) is 0 Å². The highest BCUT2D eigenvalue weighted by Gasteiger charge is 2.52. The first-order valence-electron chi connectivity index (χ1n) is 10.3. The largest absolute Gasteiger partial charge is 0.469 e. The van der Waals surface area contributed by atoms with Crippen LogP contribution in [-0.4, -0.2) is 43.4 Å². The molecule has 164 valence electrons. The molecule has 6 nitrogen and oxygen atoms in total. The third kappa shape index (κ3) is 4.97. The number of aliphatic hydroxyl groups is 1. The van der Waals surface area contributed by atoms with E-state index in [4.69, 9.17) is 9.47 Å². The molecule has 3 unspecified atom stereocenters. The number of hydrogen-bond donors (Lipinski definition) is 2. The molecule has 3 atom stereocenters. The van der Waals surface area contributed by atoms with E-state index in [1.165, 1.54) is 14.2 Å². The summed E-state index contributed by atoms with van der Waals surface area (Å²) in [6.07, 6.45) is 0.854. The van der Waals surface area contributed by atoms with Crippen molar-refractivity contribution in [3.63, 3.8) is 0 Å². The first-order valence-corrected chi connectivity index (χ1v) is 10.3. The standard InChI is InChI=1S/C25H29NO5/c1-25(29)16-19(26-15-14-17-10-6-4-7-11-17)21(23(27)30-2)20(22(25)24(28)31-3)18-12-8-5-9-13-18/h4-13,20,22,26,29H,14-16H2,1-3H3. The van der Waals surface area contributed by atoms with Crippen LogP contribution in [0.3, 0.4) is 0 Å². The van der Waals surface area contributed by atoms with Gasteiger partial charge in [-0.2, -0.15) is 0 Å². The topological polar surface area (TPSA) is 84.9 Å².